The Morgan fingerprint density at radius 1 is 1.31 bits per heavy atom. The van der Waals surface area contributed by atoms with Gasteiger partial charge in [-0.2, -0.15) is 0 Å². The molecule has 90 valence electrons. The Labute approximate surface area is 107 Å². The molecule has 1 atom stereocenters. The third-order valence-electron chi connectivity index (χ3n) is 2.87. The Balaban J connectivity index is 3.09. The zero-order chi connectivity index (χ0) is 12.3. The Kier molecular flexibility index (Phi) is 4.62. The van der Waals surface area contributed by atoms with Crippen LogP contribution in [0.3, 0.4) is 0 Å². The fourth-order valence-electron chi connectivity index (χ4n) is 1.82. The van der Waals surface area contributed by atoms with Gasteiger partial charge in [-0.25, -0.2) is 0 Å². The van der Waals surface area contributed by atoms with Gasteiger partial charge in [-0.05, 0) is 36.7 Å². The van der Waals surface area contributed by atoms with Gasteiger partial charge in [-0.15, -0.1) is 0 Å². The molecule has 0 aromatic heterocycles. The molecule has 3 N–H and O–H groups in total. The summed E-state index contributed by atoms with van der Waals surface area (Å²) < 4.78 is 0. The molecule has 0 aliphatic heterocycles. The Hall–Kier alpha value is -0.280. The third-order valence-corrected chi connectivity index (χ3v) is 3.61. The summed E-state index contributed by atoms with van der Waals surface area (Å²) in [4.78, 5) is 0. The molecule has 0 aliphatic rings. The van der Waals surface area contributed by atoms with Crippen molar-refractivity contribution >= 4 is 23.2 Å². The van der Waals surface area contributed by atoms with Gasteiger partial charge in [0.1, 0.15) is 0 Å². The first-order chi connectivity index (χ1) is 7.42. The van der Waals surface area contributed by atoms with Crippen LogP contribution in [0.4, 0.5) is 0 Å². The van der Waals surface area contributed by atoms with Crippen LogP contribution in [0.1, 0.15) is 25.5 Å². The van der Waals surface area contributed by atoms with Crippen LogP contribution >= 0.6 is 23.2 Å². The highest BCUT2D eigenvalue weighted by Gasteiger charge is 2.28. The second-order valence-corrected chi connectivity index (χ2v) is 5.40. The van der Waals surface area contributed by atoms with Gasteiger partial charge in [0.05, 0.1) is 10.0 Å². The van der Waals surface area contributed by atoms with E-state index >= 15 is 0 Å². The van der Waals surface area contributed by atoms with E-state index in [1.165, 1.54) is 0 Å². The van der Waals surface area contributed by atoms with Crippen LogP contribution in [-0.4, -0.2) is 13.6 Å². The predicted molar refractivity (Wildman–Crippen MR) is 71.1 cm³/mol. The lowest BCUT2D eigenvalue weighted by molar-refractivity contribution is 0.265. The van der Waals surface area contributed by atoms with E-state index in [9.17, 15) is 0 Å². The average molecular weight is 261 g/mol. The fourth-order valence-corrected chi connectivity index (χ4v) is 2.12. The SMILES string of the molecule is CNC(c1ccc(Cl)c(Cl)c1)C(C)(C)CN. The number of hydrogen-bond donors (Lipinski definition) is 2. The van der Waals surface area contributed by atoms with E-state index in [1.807, 2.05) is 25.2 Å². The quantitative estimate of drug-likeness (QED) is 0.873. The predicted octanol–water partition coefficient (Wildman–Crippen LogP) is 3.24. The van der Waals surface area contributed by atoms with E-state index < -0.39 is 0 Å². The Morgan fingerprint density at radius 3 is 2.38 bits per heavy atom. The summed E-state index contributed by atoms with van der Waals surface area (Å²) >= 11 is 11.9. The summed E-state index contributed by atoms with van der Waals surface area (Å²) in [7, 11) is 1.92. The third kappa shape index (κ3) is 2.89. The van der Waals surface area contributed by atoms with E-state index in [4.69, 9.17) is 28.9 Å². The first-order valence-corrected chi connectivity index (χ1v) is 6.00. The number of rotatable bonds is 4. The minimum absolute atomic E-state index is 0.0358. The van der Waals surface area contributed by atoms with Crippen molar-refractivity contribution in [3.63, 3.8) is 0 Å². The highest BCUT2D eigenvalue weighted by atomic mass is 35.5. The summed E-state index contributed by atoms with van der Waals surface area (Å²) in [5.74, 6) is 0. The van der Waals surface area contributed by atoms with E-state index in [-0.39, 0.29) is 11.5 Å². The van der Waals surface area contributed by atoms with Gasteiger partial charge in [-0.3, -0.25) is 0 Å². The molecule has 4 heteroatoms. The Bertz CT molecular complexity index is 364. The maximum absolute atomic E-state index is 6.02. The molecule has 0 saturated carbocycles. The van der Waals surface area contributed by atoms with Crippen molar-refractivity contribution < 1.29 is 0 Å². The van der Waals surface area contributed by atoms with Crippen molar-refractivity contribution in [2.24, 2.45) is 11.1 Å². The van der Waals surface area contributed by atoms with Gasteiger partial charge in [0.2, 0.25) is 0 Å². The van der Waals surface area contributed by atoms with E-state index in [0.29, 0.717) is 16.6 Å². The number of nitrogens with two attached hydrogens (primary N) is 1. The molecule has 0 aliphatic carbocycles. The molecule has 0 heterocycles. The lowest BCUT2D eigenvalue weighted by Crippen LogP contribution is -2.37. The van der Waals surface area contributed by atoms with Gasteiger partial charge in [0, 0.05) is 6.04 Å². The number of halogens is 2. The highest BCUT2D eigenvalue weighted by molar-refractivity contribution is 6.42. The molecule has 0 bridgehead atoms. The second-order valence-electron chi connectivity index (χ2n) is 4.59. The summed E-state index contributed by atoms with van der Waals surface area (Å²) in [5.41, 5.74) is 6.86. The van der Waals surface area contributed by atoms with Crippen molar-refractivity contribution in [3.05, 3.63) is 33.8 Å². The molecule has 0 saturated heterocycles. The molecule has 0 spiro atoms. The molecule has 1 rings (SSSR count). The maximum Gasteiger partial charge on any atom is 0.0595 e. The minimum atomic E-state index is -0.0358. The van der Waals surface area contributed by atoms with Crippen molar-refractivity contribution in [3.8, 4) is 0 Å². The van der Waals surface area contributed by atoms with Gasteiger partial charge < -0.3 is 11.1 Å². The Morgan fingerprint density at radius 2 is 1.94 bits per heavy atom. The normalized spacial score (nSPS) is 13.9. The molecule has 0 radical (unpaired) electrons. The van der Waals surface area contributed by atoms with Crippen LogP contribution in [0.2, 0.25) is 10.0 Å². The van der Waals surface area contributed by atoms with Crippen LogP contribution in [-0.2, 0) is 0 Å². The molecular weight excluding hydrogens is 243 g/mol. The van der Waals surface area contributed by atoms with Crippen LogP contribution < -0.4 is 11.1 Å². The molecule has 0 amide bonds. The molecule has 1 aromatic rings. The van der Waals surface area contributed by atoms with Gasteiger partial charge in [-0.1, -0.05) is 43.1 Å². The summed E-state index contributed by atoms with van der Waals surface area (Å²) in [6.07, 6.45) is 0. The van der Waals surface area contributed by atoms with Crippen molar-refractivity contribution in [2.75, 3.05) is 13.6 Å². The minimum Gasteiger partial charge on any atom is -0.330 e. The van der Waals surface area contributed by atoms with Crippen LogP contribution in [0.5, 0.6) is 0 Å². The summed E-state index contributed by atoms with van der Waals surface area (Å²) in [5, 5.41) is 4.43. The van der Waals surface area contributed by atoms with Crippen LogP contribution in [0, 0.1) is 5.41 Å². The molecule has 0 fully saturated rings. The number of benzene rings is 1. The second kappa shape index (κ2) is 5.37. The topological polar surface area (TPSA) is 38.0 Å². The first kappa shape index (κ1) is 13.8. The largest absolute Gasteiger partial charge is 0.330 e. The molecule has 2 nitrogen and oxygen atoms in total. The van der Waals surface area contributed by atoms with E-state index in [0.717, 1.165) is 5.56 Å². The van der Waals surface area contributed by atoms with Crippen molar-refractivity contribution in [2.45, 2.75) is 19.9 Å². The lowest BCUT2D eigenvalue weighted by Gasteiger charge is -2.33. The van der Waals surface area contributed by atoms with Gasteiger partial charge in [0.25, 0.3) is 0 Å². The lowest BCUT2D eigenvalue weighted by atomic mass is 9.80. The van der Waals surface area contributed by atoms with Crippen LogP contribution in [0.25, 0.3) is 0 Å². The number of nitrogens with one attached hydrogen (secondary N) is 1. The van der Waals surface area contributed by atoms with Gasteiger partial charge in [0.15, 0.2) is 0 Å². The maximum atomic E-state index is 6.02. The fraction of sp³-hybridized carbons (Fsp3) is 0.500. The van der Waals surface area contributed by atoms with Crippen LogP contribution in [0.15, 0.2) is 18.2 Å². The average Bonchev–Trinajstić information content (AvgIpc) is 2.24. The van der Waals surface area contributed by atoms with Crippen molar-refractivity contribution in [1.29, 1.82) is 0 Å². The van der Waals surface area contributed by atoms with E-state index in [1.54, 1.807) is 0 Å². The molecule has 16 heavy (non-hydrogen) atoms. The zero-order valence-electron chi connectivity index (χ0n) is 9.85. The van der Waals surface area contributed by atoms with Crippen molar-refractivity contribution in [1.82, 2.24) is 5.32 Å². The van der Waals surface area contributed by atoms with Gasteiger partial charge >= 0.3 is 0 Å². The molecule has 1 unspecified atom stereocenters. The smallest absolute Gasteiger partial charge is 0.0595 e. The highest BCUT2D eigenvalue weighted by Crippen LogP contribution is 2.34. The first-order valence-electron chi connectivity index (χ1n) is 5.24. The zero-order valence-corrected chi connectivity index (χ0v) is 11.4. The molecule has 1 aromatic carbocycles. The molecular formula is C12H18Cl2N2. The van der Waals surface area contributed by atoms with E-state index in [2.05, 4.69) is 19.2 Å². The summed E-state index contributed by atoms with van der Waals surface area (Å²) in [6, 6.07) is 5.85. The summed E-state index contributed by atoms with van der Waals surface area (Å²) in [6.45, 7) is 4.84. The number of hydrogen-bond acceptors (Lipinski definition) is 2. The standard InChI is InChI=1S/C12H18Cl2N2/c1-12(2,7-15)11(16-3)8-4-5-9(13)10(14)6-8/h4-6,11,16H,7,15H2,1-3H3. The monoisotopic (exact) mass is 260 g/mol.